The zero-order valence-electron chi connectivity index (χ0n) is 12.8. The molecule has 0 bridgehead atoms. The van der Waals surface area contributed by atoms with Crippen LogP contribution < -0.4 is 16.1 Å². The summed E-state index contributed by atoms with van der Waals surface area (Å²) in [6.45, 7) is 0. The number of hydrogen-bond acceptors (Lipinski definition) is 5. The van der Waals surface area contributed by atoms with E-state index in [0.717, 1.165) is 9.13 Å². The van der Waals surface area contributed by atoms with Crippen LogP contribution in [-0.4, -0.2) is 0 Å². The Hall–Kier alpha value is -2.79. The van der Waals surface area contributed by atoms with Gasteiger partial charge in [0.25, 0.3) is 0 Å². The van der Waals surface area contributed by atoms with E-state index in [1.807, 2.05) is 30.3 Å². The van der Waals surface area contributed by atoms with Crippen LogP contribution in [0.5, 0.6) is 5.75 Å². The third-order valence-electron chi connectivity index (χ3n) is 4.16. The van der Waals surface area contributed by atoms with Gasteiger partial charge in [-0.1, -0.05) is 24.3 Å². The number of benzene rings is 2. The number of para-hydroxylation sites is 1. The minimum absolute atomic E-state index is 0.00890. The minimum atomic E-state index is -0.621. The van der Waals surface area contributed by atoms with Crippen LogP contribution in [0.4, 0.5) is 0 Å². The van der Waals surface area contributed by atoms with E-state index in [-0.39, 0.29) is 11.5 Å². The number of fused-ring (bicyclic) bond motifs is 3. The Morgan fingerprint density at radius 2 is 1.96 bits per heavy atom. The SMILES string of the molecule is N#CC1=C(N)Oc2c(c(=O)oc3ccccc23)[C@H]1c1cccc(I)c1. The van der Waals surface area contributed by atoms with E-state index in [2.05, 4.69) is 28.7 Å². The van der Waals surface area contributed by atoms with Gasteiger partial charge in [0.1, 0.15) is 17.2 Å². The first-order valence-corrected chi connectivity index (χ1v) is 8.57. The summed E-state index contributed by atoms with van der Waals surface area (Å²) in [7, 11) is 0. The first-order chi connectivity index (χ1) is 12.1. The predicted octanol–water partition coefficient (Wildman–Crippen LogP) is 3.62. The van der Waals surface area contributed by atoms with Crippen molar-refractivity contribution in [2.24, 2.45) is 5.73 Å². The summed E-state index contributed by atoms with van der Waals surface area (Å²) in [6, 6.07) is 16.8. The molecule has 0 fully saturated rings. The number of rotatable bonds is 1. The zero-order chi connectivity index (χ0) is 17.6. The van der Waals surface area contributed by atoms with Crippen LogP contribution in [0.25, 0.3) is 11.0 Å². The molecule has 0 radical (unpaired) electrons. The third-order valence-corrected chi connectivity index (χ3v) is 4.83. The Kier molecular flexibility index (Phi) is 3.73. The highest BCUT2D eigenvalue weighted by atomic mass is 127. The summed E-state index contributed by atoms with van der Waals surface area (Å²) in [6.07, 6.45) is 0. The van der Waals surface area contributed by atoms with Gasteiger partial charge in [-0.25, -0.2) is 4.79 Å². The van der Waals surface area contributed by atoms with Gasteiger partial charge in [-0.05, 0) is 52.4 Å². The van der Waals surface area contributed by atoms with Crippen LogP contribution in [0.2, 0.25) is 0 Å². The molecule has 0 amide bonds. The van der Waals surface area contributed by atoms with Gasteiger partial charge in [-0.2, -0.15) is 5.26 Å². The summed E-state index contributed by atoms with van der Waals surface area (Å²) >= 11 is 2.19. The molecule has 1 aliphatic rings. The van der Waals surface area contributed by atoms with E-state index >= 15 is 0 Å². The maximum atomic E-state index is 12.7. The van der Waals surface area contributed by atoms with E-state index in [1.165, 1.54) is 0 Å². The highest BCUT2D eigenvalue weighted by molar-refractivity contribution is 14.1. The average molecular weight is 442 g/mol. The molecule has 2 N–H and O–H groups in total. The minimum Gasteiger partial charge on any atom is -0.439 e. The predicted molar refractivity (Wildman–Crippen MR) is 101 cm³/mol. The molecule has 1 aromatic heterocycles. The Morgan fingerprint density at radius 3 is 2.72 bits per heavy atom. The van der Waals surface area contributed by atoms with E-state index in [1.54, 1.807) is 18.2 Å². The average Bonchev–Trinajstić information content (AvgIpc) is 2.60. The second kappa shape index (κ2) is 5.93. The molecule has 1 aliphatic heterocycles. The highest BCUT2D eigenvalue weighted by Crippen LogP contribution is 2.43. The third kappa shape index (κ3) is 2.48. The van der Waals surface area contributed by atoms with Crippen molar-refractivity contribution in [2.75, 3.05) is 0 Å². The van der Waals surface area contributed by atoms with Crippen LogP contribution in [-0.2, 0) is 0 Å². The number of nitrogens with zero attached hydrogens (tertiary/aromatic N) is 1. The molecule has 0 saturated carbocycles. The van der Waals surface area contributed by atoms with Gasteiger partial charge in [0, 0.05) is 3.57 Å². The molecule has 122 valence electrons. The molecular formula is C19H11IN2O3. The fourth-order valence-electron chi connectivity index (χ4n) is 3.09. The molecule has 2 heterocycles. The van der Waals surface area contributed by atoms with Crippen LogP contribution in [0.1, 0.15) is 17.0 Å². The number of ether oxygens (including phenoxy) is 1. The van der Waals surface area contributed by atoms with Crippen molar-refractivity contribution < 1.29 is 9.15 Å². The maximum absolute atomic E-state index is 12.7. The first-order valence-electron chi connectivity index (χ1n) is 7.49. The van der Waals surface area contributed by atoms with E-state index < -0.39 is 11.5 Å². The lowest BCUT2D eigenvalue weighted by atomic mass is 9.84. The Labute approximate surface area is 156 Å². The number of nitrogens with two attached hydrogens (primary N) is 1. The number of halogens is 1. The van der Waals surface area contributed by atoms with Gasteiger partial charge < -0.3 is 14.9 Å². The van der Waals surface area contributed by atoms with Gasteiger partial charge in [-0.15, -0.1) is 0 Å². The summed E-state index contributed by atoms with van der Waals surface area (Å²) in [4.78, 5) is 12.7. The zero-order valence-corrected chi connectivity index (χ0v) is 15.0. The molecule has 0 aliphatic carbocycles. The van der Waals surface area contributed by atoms with E-state index in [4.69, 9.17) is 14.9 Å². The van der Waals surface area contributed by atoms with Gasteiger partial charge in [0.05, 0.1) is 16.9 Å². The molecule has 5 nitrogen and oxygen atoms in total. The summed E-state index contributed by atoms with van der Waals surface area (Å²) in [5.74, 6) is -0.258. The summed E-state index contributed by atoms with van der Waals surface area (Å²) < 4.78 is 12.1. The standard InChI is InChI=1S/C19H11IN2O3/c20-11-5-3-4-10(8-11)15-13(9-21)18(22)25-17-12-6-1-2-7-14(12)24-19(23)16(15)17/h1-8,15H,22H2/t15-/m0/s1. The van der Waals surface area contributed by atoms with E-state index in [0.29, 0.717) is 22.3 Å². The maximum Gasteiger partial charge on any atom is 0.344 e. The monoisotopic (exact) mass is 442 g/mol. The highest BCUT2D eigenvalue weighted by Gasteiger charge is 2.35. The Morgan fingerprint density at radius 1 is 1.16 bits per heavy atom. The van der Waals surface area contributed by atoms with Crippen molar-refractivity contribution in [2.45, 2.75) is 5.92 Å². The molecule has 4 rings (SSSR count). The largest absolute Gasteiger partial charge is 0.439 e. The van der Waals surface area contributed by atoms with E-state index in [9.17, 15) is 10.1 Å². The molecule has 3 aromatic rings. The fourth-order valence-corrected chi connectivity index (χ4v) is 3.65. The molecule has 25 heavy (non-hydrogen) atoms. The topological polar surface area (TPSA) is 89.3 Å². The van der Waals surface area contributed by atoms with Crippen molar-refractivity contribution in [3.63, 3.8) is 0 Å². The van der Waals surface area contributed by atoms with Crippen molar-refractivity contribution >= 4 is 33.6 Å². The quantitative estimate of drug-likeness (QED) is 0.460. The van der Waals surface area contributed by atoms with Crippen molar-refractivity contribution in [3.8, 4) is 11.8 Å². The Bertz CT molecular complexity index is 1140. The van der Waals surface area contributed by atoms with Crippen LogP contribution in [0, 0.1) is 14.9 Å². The molecule has 6 heteroatoms. The number of allylic oxidation sites excluding steroid dienone is 1. The molecular weight excluding hydrogens is 431 g/mol. The molecule has 0 saturated heterocycles. The second-order valence-corrected chi connectivity index (χ2v) is 6.85. The lowest BCUT2D eigenvalue weighted by molar-refractivity contribution is 0.388. The normalized spacial score (nSPS) is 16.2. The smallest absolute Gasteiger partial charge is 0.344 e. The number of nitriles is 1. The lowest BCUT2D eigenvalue weighted by Crippen LogP contribution is -2.26. The van der Waals surface area contributed by atoms with Crippen LogP contribution >= 0.6 is 22.6 Å². The lowest BCUT2D eigenvalue weighted by Gasteiger charge is -2.26. The second-order valence-electron chi connectivity index (χ2n) is 5.61. The summed E-state index contributed by atoms with van der Waals surface area (Å²) in [5.41, 5.74) is 7.19. The van der Waals surface area contributed by atoms with Crippen LogP contribution in [0.3, 0.4) is 0 Å². The number of hydrogen-bond donors (Lipinski definition) is 1. The molecule has 0 unspecified atom stereocenters. The van der Waals surface area contributed by atoms with Gasteiger partial charge in [0.15, 0.2) is 5.75 Å². The molecule has 0 spiro atoms. The van der Waals surface area contributed by atoms with Crippen molar-refractivity contribution in [1.82, 2.24) is 0 Å². The molecule has 1 atom stereocenters. The van der Waals surface area contributed by atoms with Crippen LogP contribution in [0.15, 0.2) is 69.2 Å². The van der Waals surface area contributed by atoms with Crippen molar-refractivity contribution in [3.05, 3.63) is 85.1 Å². The Balaban J connectivity index is 2.10. The van der Waals surface area contributed by atoms with Gasteiger partial charge >= 0.3 is 5.63 Å². The van der Waals surface area contributed by atoms with Gasteiger partial charge in [0.2, 0.25) is 5.88 Å². The summed E-state index contributed by atoms with van der Waals surface area (Å²) in [5, 5.41) is 10.2. The molecule has 2 aromatic carbocycles. The van der Waals surface area contributed by atoms with Gasteiger partial charge in [-0.3, -0.25) is 0 Å². The first kappa shape index (κ1) is 15.7. The fraction of sp³-hybridized carbons (Fsp3) is 0.0526. The van der Waals surface area contributed by atoms with Crippen molar-refractivity contribution in [1.29, 1.82) is 5.26 Å².